The SMILES string of the molecule is CCS(=O)(=O)Nc1ccc(NC(=O)c2cc(NC(C)=O)ccc2NS(C)(=O)=O)cc1OC. The first kappa shape index (κ1) is 24.9. The van der Waals surface area contributed by atoms with E-state index in [0.717, 1.165) is 6.26 Å². The molecule has 32 heavy (non-hydrogen) atoms. The van der Waals surface area contributed by atoms with Gasteiger partial charge in [0.15, 0.2) is 0 Å². The van der Waals surface area contributed by atoms with Crippen LogP contribution in [0.4, 0.5) is 22.7 Å². The summed E-state index contributed by atoms with van der Waals surface area (Å²) in [7, 11) is -5.88. The van der Waals surface area contributed by atoms with Crippen molar-refractivity contribution in [1.82, 2.24) is 0 Å². The highest BCUT2D eigenvalue weighted by molar-refractivity contribution is 7.92. The summed E-state index contributed by atoms with van der Waals surface area (Å²) < 4.78 is 56.8. The molecular weight excluding hydrogens is 460 g/mol. The third-order valence-electron chi connectivity index (χ3n) is 3.98. The Balaban J connectivity index is 2.39. The van der Waals surface area contributed by atoms with E-state index in [9.17, 15) is 26.4 Å². The second-order valence-corrected chi connectivity index (χ2v) is 10.4. The number of sulfonamides is 2. The molecule has 2 aromatic rings. The molecule has 174 valence electrons. The Morgan fingerprint density at radius 3 is 2.03 bits per heavy atom. The molecule has 0 fully saturated rings. The summed E-state index contributed by atoms with van der Waals surface area (Å²) in [6, 6.07) is 8.41. The molecule has 2 amide bonds. The molecule has 0 aliphatic carbocycles. The molecule has 4 N–H and O–H groups in total. The van der Waals surface area contributed by atoms with Crippen molar-refractivity contribution >= 4 is 54.6 Å². The summed E-state index contributed by atoms with van der Waals surface area (Å²) >= 11 is 0. The second-order valence-electron chi connectivity index (χ2n) is 6.69. The zero-order valence-electron chi connectivity index (χ0n) is 17.8. The zero-order valence-corrected chi connectivity index (χ0v) is 19.5. The van der Waals surface area contributed by atoms with Gasteiger partial charge in [0.1, 0.15) is 5.75 Å². The van der Waals surface area contributed by atoms with Crippen LogP contribution in [0.15, 0.2) is 36.4 Å². The summed E-state index contributed by atoms with van der Waals surface area (Å²) in [5, 5.41) is 5.13. The van der Waals surface area contributed by atoms with Crippen molar-refractivity contribution in [1.29, 1.82) is 0 Å². The molecule has 0 radical (unpaired) electrons. The summed E-state index contributed by atoms with van der Waals surface area (Å²) in [6.45, 7) is 2.78. The molecule has 0 heterocycles. The van der Waals surface area contributed by atoms with E-state index in [2.05, 4.69) is 20.1 Å². The Kier molecular flexibility index (Phi) is 7.69. The summed E-state index contributed by atoms with van der Waals surface area (Å²) in [5.74, 6) is -1.00. The lowest BCUT2D eigenvalue weighted by Gasteiger charge is -2.15. The third kappa shape index (κ3) is 7.13. The maximum absolute atomic E-state index is 12.9. The van der Waals surface area contributed by atoms with Crippen molar-refractivity contribution in [3.05, 3.63) is 42.0 Å². The monoisotopic (exact) mass is 484 g/mol. The van der Waals surface area contributed by atoms with Crippen LogP contribution >= 0.6 is 0 Å². The Hall–Kier alpha value is -3.32. The topological polar surface area (TPSA) is 160 Å². The van der Waals surface area contributed by atoms with Crippen LogP contribution in [0.2, 0.25) is 0 Å². The van der Waals surface area contributed by atoms with E-state index < -0.39 is 26.0 Å². The van der Waals surface area contributed by atoms with Crippen molar-refractivity contribution in [3.63, 3.8) is 0 Å². The Labute approximate surface area is 186 Å². The maximum Gasteiger partial charge on any atom is 0.257 e. The van der Waals surface area contributed by atoms with Crippen LogP contribution in [0.1, 0.15) is 24.2 Å². The van der Waals surface area contributed by atoms with Crippen LogP contribution in [0.3, 0.4) is 0 Å². The van der Waals surface area contributed by atoms with Crippen LogP contribution in [0, 0.1) is 0 Å². The van der Waals surface area contributed by atoms with Gasteiger partial charge in [-0.1, -0.05) is 0 Å². The molecule has 0 spiro atoms. The molecule has 2 rings (SSSR count). The van der Waals surface area contributed by atoms with Gasteiger partial charge in [-0.3, -0.25) is 19.0 Å². The first-order valence-electron chi connectivity index (χ1n) is 9.23. The molecule has 0 atom stereocenters. The predicted molar refractivity (Wildman–Crippen MR) is 123 cm³/mol. The predicted octanol–water partition coefficient (Wildman–Crippen LogP) is 2.04. The van der Waals surface area contributed by atoms with Gasteiger partial charge >= 0.3 is 0 Å². The van der Waals surface area contributed by atoms with Gasteiger partial charge in [-0.15, -0.1) is 0 Å². The van der Waals surface area contributed by atoms with Gasteiger partial charge in [0.2, 0.25) is 26.0 Å². The van der Waals surface area contributed by atoms with E-state index in [4.69, 9.17) is 4.74 Å². The average Bonchev–Trinajstić information content (AvgIpc) is 2.68. The number of benzene rings is 2. The minimum atomic E-state index is -3.68. The number of methoxy groups -OCH3 is 1. The van der Waals surface area contributed by atoms with Crippen molar-refractivity contribution in [2.24, 2.45) is 0 Å². The first-order chi connectivity index (χ1) is 14.8. The number of hydrogen-bond acceptors (Lipinski definition) is 7. The highest BCUT2D eigenvalue weighted by Crippen LogP contribution is 2.30. The highest BCUT2D eigenvalue weighted by atomic mass is 32.2. The smallest absolute Gasteiger partial charge is 0.257 e. The fraction of sp³-hybridized carbons (Fsp3) is 0.263. The number of carbonyl (C=O) groups is 2. The summed E-state index contributed by atoms with van der Waals surface area (Å²) in [6.07, 6.45) is 0.942. The Morgan fingerprint density at radius 1 is 0.906 bits per heavy atom. The van der Waals surface area contributed by atoms with Gasteiger partial charge in [0.05, 0.1) is 36.1 Å². The number of rotatable bonds is 9. The van der Waals surface area contributed by atoms with Crippen molar-refractivity contribution in [2.45, 2.75) is 13.8 Å². The lowest BCUT2D eigenvalue weighted by molar-refractivity contribution is -0.114. The van der Waals surface area contributed by atoms with E-state index >= 15 is 0 Å². The molecular formula is C19H24N4O7S2. The maximum atomic E-state index is 12.9. The number of amides is 2. The molecule has 0 aromatic heterocycles. The minimum absolute atomic E-state index is 0.0124. The number of anilines is 4. The molecule has 0 saturated heterocycles. The van der Waals surface area contributed by atoms with E-state index in [1.54, 1.807) is 0 Å². The molecule has 0 bridgehead atoms. The fourth-order valence-electron chi connectivity index (χ4n) is 2.59. The molecule has 13 heteroatoms. The molecule has 11 nitrogen and oxygen atoms in total. The number of nitrogens with one attached hydrogen (secondary N) is 4. The highest BCUT2D eigenvalue weighted by Gasteiger charge is 2.17. The number of hydrogen-bond donors (Lipinski definition) is 4. The van der Waals surface area contributed by atoms with E-state index in [1.165, 1.54) is 57.4 Å². The second kappa shape index (κ2) is 9.87. The largest absolute Gasteiger partial charge is 0.494 e. The van der Waals surface area contributed by atoms with Crippen LogP contribution in [0.25, 0.3) is 0 Å². The molecule has 0 aliphatic rings. The van der Waals surface area contributed by atoms with Crippen molar-refractivity contribution in [3.8, 4) is 5.75 Å². The molecule has 0 aliphatic heterocycles. The van der Waals surface area contributed by atoms with Crippen LogP contribution in [-0.2, 0) is 24.8 Å². The first-order valence-corrected chi connectivity index (χ1v) is 12.8. The lowest BCUT2D eigenvalue weighted by Crippen LogP contribution is -2.19. The normalized spacial score (nSPS) is 11.4. The van der Waals surface area contributed by atoms with Crippen LogP contribution in [0.5, 0.6) is 5.75 Å². The Bertz CT molecular complexity index is 1240. The van der Waals surface area contributed by atoms with Gasteiger partial charge in [-0.25, -0.2) is 16.8 Å². The van der Waals surface area contributed by atoms with E-state index in [0.29, 0.717) is 5.69 Å². The Morgan fingerprint density at radius 2 is 1.50 bits per heavy atom. The van der Waals surface area contributed by atoms with Gasteiger partial charge in [-0.2, -0.15) is 0 Å². The quantitative estimate of drug-likeness (QED) is 0.424. The summed E-state index contributed by atoms with van der Waals surface area (Å²) in [5.41, 5.74) is 0.722. The zero-order chi connectivity index (χ0) is 24.1. The average molecular weight is 485 g/mol. The minimum Gasteiger partial charge on any atom is -0.494 e. The number of ether oxygens (including phenoxy) is 1. The van der Waals surface area contributed by atoms with Crippen molar-refractivity contribution < 1.29 is 31.2 Å². The third-order valence-corrected chi connectivity index (χ3v) is 5.87. The van der Waals surface area contributed by atoms with E-state index in [-0.39, 0.29) is 40.0 Å². The standard InChI is InChI=1S/C19H24N4O7S2/c1-5-32(28,29)23-17-9-7-14(11-18(17)30-3)21-19(25)15-10-13(20-12(2)24)6-8-16(15)22-31(4,26)27/h6-11,22-23H,5H2,1-4H3,(H,20,24)(H,21,25). The van der Waals surface area contributed by atoms with Gasteiger partial charge in [0.25, 0.3) is 5.91 Å². The van der Waals surface area contributed by atoms with Crippen molar-refractivity contribution in [2.75, 3.05) is 39.2 Å². The lowest BCUT2D eigenvalue weighted by atomic mass is 10.1. The fourth-order valence-corrected chi connectivity index (χ4v) is 3.82. The molecule has 2 aromatic carbocycles. The van der Waals surface area contributed by atoms with Gasteiger partial charge in [0, 0.05) is 24.4 Å². The van der Waals surface area contributed by atoms with Crippen LogP contribution in [-0.4, -0.2) is 47.8 Å². The summed E-state index contributed by atoms with van der Waals surface area (Å²) in [4.78, 5) is 24.2. The molecule has 0 unspecified atom stereocenters. The van der Waals surface area contributed by atoms with Gasteiger partial charge in [-0.05, 0) is 37.3 Å². The van der Waals surface area contributed by atoms with Gasteiger partial charge < -0.3 is 15.4 Å². The number of carbonyl (C=O) groups excluding carboxylic acids is 2. The van der Waals surface area contributed by atoms with E-state index in [1.807, 2.05) is 0 Å². The molecule has 0 saturated carbocycles. The van der Waals surface area contributed by atoms with Crippen LogP contribution < -0.4 is 24.8 Å².